The molecule has 0 spiro atoms. The van der Waals surface area contributed by atoms with E-state index >= 15 is 0 Å². The Kier molecular flexibility index (Phi) is 5.39. The van der Waals surface area contributed by atoms with E-state index in [1.54, 1.807) is 0 Å². The second-order valence-electron chi connectivity index (χ2n) is 6.90. The fourth-order valence-electron chi connectivity index (χ4n) is 2.36. The summed E-state index contributed by atoms with van der Waals surface area (Å²) in [5, 5.41) is 4.93. The van der Waals surface area contributed by atoms with E-state index in [9.17, 15) is 0 Å². The SMILES string of the molecule is CC(C)c1cc2c(CNCCSC(C)(C)C)cccc2[nH]1. The van der Waals surface area contributed by atoms with Crippen LogP contribution in [0.5, 0.6) is 0 Å². The minimum atomic E-state index is 0.356. The quantitative estimate of drug-likeness (QED) is 0.742. The molecule has 1 aromatic carbocycles. The maximum Gasteiger partial charge on any atom is 0.0459 e. The van der Waals surface area contributed by atoms with E-state index in [1.165, 1.54) is 22.2 Å². The summed E-state index contributed by atoms with van der Waals surface area (Å²) in [5.41, 5.74) is 3.96. The zero-order valence-electron chi connectivity index (χ0n) is 13.9. The number of fused-ring (bicyclic) bond motifs is 1. The summed E-state index contributed by atoms with van der Waals surface area (Å²) in [5.74, 6) is 1.70. The Morgan fingerprint density at radius 2 is 2.00 bits per heavy atom. The molecular formula is C18H28N2S. The van der Waals surface area contributed by atoms with Crippen molar-refractivity contribution in [2.45, 2.75) is 51.8 Å². The molecule has 116 valence electrons. The van der Waals surface area contributed by atoms with Gasteiger partial charge in [-0.05, 0) is 23.6 Å². The number of thioether (sulfide) groups is 1. The fraction of sp³-hybridized carbons (Fsp3) is 0.556. The molecule has 0 saturated heterocycles. The van der Waals surface area contributed by atoms with Crippen molar-refractivity contribution >= 4 is 22.7 Å². The number of rotatable bonds is 6. The molecule has 1 heterocycles. The third-order valence-electron chi connectivity index (χ3n) is 3.53. The molecule has 0 radical (unpaired) electrons. The number of hydrogen-bond acceptors (Lipinski definition) is 2. The summed E-state index contributed by atoms with van der Waals surface area (Å²) in [7, 11) is 0. The van der Waals surface area contributed by atoms with Crippen molar-refractivity contribution < 1.29 is 0 Å². The maximum atomic E-state index is 3.57. The lowest BCUT2D eigenvalue weighted by atomic mass is 10.1. The van der Waals surface area contributed by atoms with Crippen LogP contribution in [-0.4, -0.2) is 22.0 Å². The Bertz CT molecular complexity index is 578. The summed E-state index contributed by atoms with van der Waals surface area (Å²) in [6.45, 7) is 13.3. The Morgan fingerprint density at radius 3 is 2.67 bits per heavy atom. The number of aromatic nitrogens is 1. The van der Waals surface area contributed by atoms with Gasteiger partial charge in [0.2, 0.25) is 0 Å². The number of nitrogens with one attached hydrogen (secondary N) is 2. The third kappa shape index (κ3) is 4.79. The highest BCUT2D eigenvalue weighted by molar-refractivity contribution is 8.00. The van der Waals surface area contributed by atoms with E-state index in [0.717, 1.165) is 18.8 Å². The lowest BCUT2D eigenvalue weighted by Crippen LogP contribution is -2.19. The number of hydrogen-bond donors (Lipinski definition) is 2. The summed E-state index contributed by atoms with van der Waals surface area (Å²) < 4.78 is 0.356. The normalized spacial score (nSPS) is 12.5. The van der Waals surface area contributed by atoms with Crippen molar-refractivity contribution in [3.05, 3.63) is 35.5 Å². The van der Waals surface area contributed by atoms with E-state index in [2.05, 4.69) is 69.2 Å². The van der Waals surface area contributed by atoms with Gasteiger partial charge in [-0.2, -0.15) is 11.8 Å². The predicted octanol–water partition coefficient (Wildman–Crippen LogP) is 4.91. The second-order valence-corrected chi connectivity index (χ2v) is 8.82. The van der Waals surface area contributed by atoms with Gasteiger partial charge in [-0.25, -0.2) is 0 Å². The molecule has 0 atom stereocenters. The lowest BCUT2D eigenvalue weighted by molar-refractivity contribution is 0.729. The second kappa shape index (κ2) is 6.89. The molecule has 0 amide bonds. The van der Waals surface area contributed by atoms with Crippen molar-refractivity contribution in [2.75, 3.05) is 12.3 Å². The lowest BCUT2D eigenvalue weighted by Gasteiger charge is -2.17. The van der Waals surface area contributed by atoms with Crippen LogP contribution in [-0.2, 0) is 6.54 Å². The first-order chi connectivity index (χ1) is 9.87. The van der Waals surface area contributed by atoms with Gasteiger partial charge in [-0.15, -0.1) is 0 Å². The standard InChI is InChI=1S/C18H28N2S/c1-13(2)17-11-15-14(7-6-8-16(15)20-17)12-19-9-10-21-18(3,4)5/h6-8,11,13,19-20H,9-10,12H2,1-5H3. The minimum absolute atomic E-state index is 0.356. The highest BCUT2D eigenvalue weighted by Gasteiger charge is 2.10. The molecule has 2 nitrogen and oxygen atoms in total. The molecule has 1 aromatic heterocycles. The molecular weight excluding hydrogens is 276 g/mol. The number of H-pyrrole nitrogens is 1. The van der Waals surface area contributed by atoms with Gasteiger partial charge in [-0.3, -0.25) is 0 Å². The first-order valence-electron chi connectivity index (χ1n) is 7.82. The van der Waals surface area contributed by atoms with Gasteiger partial charge in [0.05, 0.1) is 0 Å². The Hall–Kier alpha value is -0.930. The molecule has 3 heteroatoms. The van der Waals surface area contributed by atoms with Crippen molar-refractivity contribution in [1.82, 2.24) is 10.3 Å². The van der Waals surface area contributed by atoms with Crippen LogP contribution in [0.4, 0.5) is 0 Å². The van der Waals surface area contributed by atoms with Gasteiger partial charge < -0.3 is 10.3 Å². The molecule has 0 saturated carbocycles. The average Bonchev–Trinajstić information content (AvgIpc) is 2.82. The van der Waals surface area contributed by atoms with E-state index in [4.69, 9.17) is 0 Å². The van der Waals surface area contributed by atoms with Crippen LogP contribution < -0.4 is 5.32 Å². The molecule has 0 aliphatic heterocycles. The predicted molar refractivity (Wildman–Crippen MR) is 96.3 cm³/mol. The van der Waals surface area contributed by atoms with Crippen molar-refractivity contribution in [1.29, 1.82) is 0 Å². The summed E-state index contributed by atoms with van der Waals surface area (Å²) in [6.07, 6.45) is 0. The molecule has 0 aliphatic rings. The minimum Gasteiger partial charge on any atom is -0.358 e. The summed E-state index contributed by atoms with van der Waals surface area (Å²) in [6, 6.07) is 8.84. The van der Waals surface area contributed by atoms with E-state index < -0.39 is 0 Å². The molecule has 2 aromatic rings. The first-order valence-corrected chi connectivity index (χ1v) is 8.80. The number of benzene rings is 1. The molecule has 0 fully saturated rings. The Balaban J connectivity index is 1.96. The highest BCUT2D eigenvalue weighted by Crippen LogP contribution is 2.24. The number of aromatic amines is 1. The van der Waals surface area contributed by atoms with E-state index in [1.807, 2.05) is 11.8 Å². The van der Waals surface area contributed by atoms with Gasteiger partial charge in [0.1, 0.15) is 0 Å². The van der Waals surface area contributed by atoms with E-state index in [-0.39, 0.29) is 0 Å². The average molecular weight is 305 g/mol. The van der Waals surface area contributed by atoms with Crippen molar-refractivity contribution in [3.8, 4) is 0 Å². The largest absolute Gasteiger partial charge is 0.358 e. The van der Waals surface area contributed by atoms with Gasteiger partial charge in [0, 0.05) is 40.2 Å². The summed E-state index contributed by atoms with van der Waals surface area (Å²) in [4.78, 5) is 3.52. The topological polar surface area (TPSA) is 27.8 Å². The molecule has 2 N–H and O–H groups in total. The molecule has 0 bridgehead atoms. The van der Waals surface area contributed by atoms with Crippen molar-refractivity contribution in [3.63, 3.8) is 0 Å². The molecule has 0 aliphatic carbocycles. The van der Waals surface area contributed by atoms with Crippen molar-refractivity contribution in [2.24, 2.45) is 0 Å². The van der Waals surface area contributed by atoms with Gasteiger partial charge in [-0.1, -0.05) is 46.8 Å². The summed E-state index contributed by atoms with van der Waals surface area (Å²) >= 11 is 2.01. The van der Waals surface area contributed by atoms with Gasteiger partial charge in [0.25, 0.3) is 0 Å². The van der Waals surface area contributed by atoms with Crippen LogP contribution in [0.3, 0.4) is 0 Å². The van der Waals surface area contributed by atoms with Crippen LogP contribution in [0.15, 0.2) is 24.3 Å². The zero-order valence-corrected chi connectivity index (χ0v) is 14.7. The van der Waals surface area contributed by atoms with Crippen LogP contribution >= 0.6 is 11.8 Å². The van der Waals surface area contributed by atoms with Crippen LogP contribution in [0.1, 0.15) is 51.8 Å². The monoisotopic (exact) mass is 304 g/mol. The van der Waals surface area contributed by atoms with Crippen LogP contribution in [0, 0.1) is 0 Å². The fourth-order valence-corrected chi connectivity index (χ4v) is 3.22. The third-order valence-corrected chi connectivity index (χ3v) is 4.80. The molecule has 2 rings (SSSR count). The van der Waals surface area contributed by atoms with Crippen LogP contribution in [0.2, 0.25) is 0 Å². The van der Waals surface area contributed by atoms with E-state index in [0.29, 0.717) is 10.7 Å². The molecule has 0 unspecified atom stereocenters. The highest BCUT2D eigenvalue weighted by atomic mass is 32.2. The maximum absolute atomic E-state index is 3.57. The molecule has 21 heavy (non-hydrogen) atoms. The van der Waals surface area contributed by atoms with Crippen LogP contribution in [0.25, 0.3) is 10.9 Å². The first kappa shape index (κ1) is 16.4. The van der Waals surface area contributed by atoms with Gasteiger partial charge >= 0.3 is 0 Å². The Labute approximate surface area is 133 Å². The smallest absolute Gasteiger partial charge is 0.0459 e. The van der Waals surface area contributed by atoms with Gasteiger partial charge in [0.15, 0.2) is 0 Å². The Morgan fingerprint density at radius 1 is 1.24 bits per heavy atom. The zero-order chi connectivity index (χ0) is 15.5.